The van der Waals surface area contributed by atoms with Gasteiger partial charge < -0.3 is 4.90 Å². The monoisotopic (exact) mass is 376 g/mol. The van der Waals surface area contributed by atoms with Crippen molar-refractivity contribution in [3.05, 3.63) is 48.3 Å². The molecule has 0 amide bonds. The molecule has 9 heteroatoms. The molecule has 130 valence electrons. The molecule has 1 aromatic carbocycles. The van der Waals surface area contributed by atoms with E-state index in [1.807, 2.05) is 29.9 Å². The van der Waals surface area contributed by atoms with Gasteiger partial charge in [0.25, 0.3) is 0 Å². The minimum absolute atomic E-state index is 0.198. The van der Waals surface area contributed by atoms with Crippen LogP contribution in [-0.2, 0) is 13.6 Å². The van der Waals surface area contributed by atoms with Gasteiger partial charge in [-0.25, -0.2) is 9.13 Å². The summed E-state index contributed by atoms with van der Waals surface area (Å²) >= 11 is 6.79. The predicted octanol–water partition coefficient (Wildman–Crippen LogP) is 3.76. The first kappa shape index (κ1) is 17.5. The summed E-state index contributed by atoms with van der Waals surface area (Å²) in [6, 6.07) is 8.00. The first-order chi connectivity index (χ1) is 12.1. The molecule has 0 aliphatic carbocycles. The van der Waals surface area contributed by atoms with E-state index in [-0.39, 0.29) is 5.28 Å². The van der Waals surface area contributed by atoms with Crippen LogP contribution in [0.25, 0.3) is 0 Å². The number of rotatable bonds is 7. The molecule has 0 aliphatic heterocycles. The Morgan fingerprint density at radius 2 is 2.08 bits per heavy atom. The number of anilines is 1. The maximum Gasteiger partial charge on any atom is 0.250 e. The molecule has 3 aromatic rings. The van der Waals surface area contributed by atoms with E-state index in [0.717, 1.165) is 42.5 Å². The van der Waals surface area contributed by atoms with Crippen molar-refractivity contribution in [2.75, 3.05) is 18.0 Å². The highest BCUT2D eigenvalue weighted by molar-refractivity contribution is 7.09. The molecule has 0 saturated carbocycles. The first-order valence-electron chi connectivity index (χ1n) is 7.91. The molecule has 0 unspecified atom stereocenters. The molecule has 0 fully saturated rings. The van der Waals surface area contributed by atoms with Crippen molar-refractivity contribution in [1.82, 2.24) is 13.9 Å². The fourth-order valence-electron chi connectivity index (χ4n) is 2.41. The zero-order valence-electron chi connectivity index (χ0n) is 14.1. The summed E-state index contributed by atoms with van der Waals surface area (Å²) in [4.78, 5) is 6.26. The summed E-state index contributed by atoms with van der Waals surface area (Å²) in [5, 5.41) is 8.84. The Labute approximate surface area is 155 Å². The highest BCUT2D eigenvalue weighted by Gasteiger charge is 2.07. The van der Waals surface area contributed by atoms with Crippen molar-refractivity contribution in [2.45, 2.75) is 13.5 Å². The van der Waals surface area contributed by atoms with Crippen molar-refractivity contribution in [3.63, 3.8) is 0 Å². The average molecular weight is 377 g/mol. The van der Waals surface area contributed by atoms with Crippen LogP contribution in [0.15, 0.2) is 53.2 Å². The molecule has 7 nitrogen and oxygen atoms in total. The van der Waals surface area contributed by atoms with Crippen LogP contribution in [0.4, 0.5) is 16.5 Å². The van der Waals surface area contributed by atoms with Crippen molar-refractivity contribution >= 4 is 39.6 Å². The van der Waals surface area contributed by atoms with Gasteiger partial charge in [0.2, 0.25) is 16.7 Å². The van der Waals surface area contributed by atoms with Gasteiger partial charge >= 0.3 is 0 Å². The number of nitrogens with zero attached hydrogens (tertiary/aromatic N) is 7. The van der Waals surface area contributed by atoms with E-state index in [1.54, 1.807) is 0 Å². The van der Waals surface area contributed by atoms with E-state index < -0.39 is 0 Å². The Hall–Kier alpha value is -2.32. The number of likely N-dealkylation sites (N-methyl/N-ethyl adjacent to an activating group) is 1. The van der Waals surface area contributed by atoms with Crippen molar-refractivity contribution < 1.29 is 4.57 Å². The van der Waals surface area contributed by atoms with Gasteiger partial charge in [0.1, 0.15) is 18.9 Å². The number of aromatic nitrogens is 4. The predicted molar refractivity (Wildman–Crippen MR) is 99.0 cm³/mol. The quantitative estimate of drug-likeness (QED) is 0.466. The number of benzene rings is 1. The molecule has 0 spiro atoms. The van der Waals surface area contributed by atoms with Crippen molar-refractivity contribution in [1.29, 1.82) is 0 Å². The third-order valence-corrected chi connectivity index (χ3v) is 4.56. The summed E-state index contributed by atoms with van der Waals surface area (Å²) < 4.78 is 8.08. The van der Waals surface area contributed by atoms with E-state index in [2.05, 4.69) is 60.6 Å². The SMILES string of the molecule is CCN(CCn1cc[n+](C)c1)c1ccc(/N=N/c2nc(Cl)ns2)cc1. The molecular weight excluding hydrogens is 358 g/mol. The van der Waals surface area contributed by atoms with Gasteiger partial charge in [-0.1, -0.05) is 0 Å². The molecule has 0 radical (unpaired) electrons. The summed E-state index contributed by atoms with van der Waals surface area (Å²) in [6.07, 6.45) is 6.20. The number of imidazole rings is 1. The highest BCUT2D eigenvalue weighted by Crippen LogP contribution is 2.23. The fraction of sp³-hybridized carbons (Fsp3) is 0.312. The Morgan fingerprint density at radius 3 is 2.68 bits per heavy atom. The average Bonchev–Trinajstić information content (AvgIpc) is 3.23. The molecule has 3 rings (SSSR count). The first-order valence-corrected chi connectivity index (χ1v) is 9.06. The zero-order valence-corrected chi connectivity index (χ0v) is 15.7. The van der Waals surface area contributed by atoms with Crippen LogP contribution in [-0.4, -0.2) is 27.0 Å². The molecule has 25 heavy (non-hydrogen) atoms. The Bertz CT molecular complexity index is 840. The third-order valence-electron chi connectivity index (χ3n) is 3.69. The second-order valence-electron chi connectivity index (χ2n) is 5.46. The minimum atomic E-state index is 0.198. The van der Waals surface area contributed by atoms with Gasteiger partial charge in [0, 0.05) is 23.8 Å². The van der Waals surface area contributed by atoms with Crippen LogP contribution in [0.1, 0.15) is 6.92 Å². The maximum absolute atomic E-state index is 5.67. The third kappa shape index (κ3) is 4.83. The minimum Gasteiger partial charge on any atom is -0.368 e. The molecule has 0 bridgehead atoms. The van der Waals surface area contributed by atoms with Gasteiger partial charge in [-0.05, 0) is 42.8 Å². The maximum atomic E-state index is 5.67. The van der Waals surface area contributed by atoms with Crippen LogP contribution in [0.3, 0.4) is 0 Å². The Balaban J connectivity index is 1.62. The Kier molecular flexibility index (Phi) is 5.72. The van der Waals surface area contributed by atoms with Crippen LogP contribution in [0, 0.1) is 0 Å². The van der Waals surface area contributed by atoms with Crippen molar-refractivity contribution in [3.8, 4) is 0 Å². The van der Waals surface area contributed by atoms with Crippen LogP contribution >= 0.6 is 23.1 Å². The standard InChI is InChI=1S/C16H19ClN7S/c1-3-24(11-10-23-9-8-22(2)12-23)14-6-4-13(5-7-14)19-20-16-18-15(17)21-25-16/h4-9,12H,3,10-11H2,1-2H3/q+1/b20-19+. The number of hydrogen-bond acceptors (Lipinski definition) is 6. The lowest BCUT2D eigenvalue weighted by atomic mass is 10.2. The molecule has 2 aromatic heterocycles. The van der Waals surface area contributed by atoms with E-state index >= 15 is 0 Å². The largest absolute Gasteiger partial charge is 0.368 e. The lowest BCUT2D eigenvalue weighted by Gasteiger charge is -2.22. The topological polar surface area (TPSA) is 62.5 Å². The number of halogens is 1. The molecule has 0 aliphatic rings. The lowest BCUT2D eigenvalue weighted by Crippen LogP contribution is -2.28. The molecule has 0 saturated heterocycles. The Morgan fingerprint density at radius 1 is 1.28 bits per heavy atom. The second kappa shape index (κ2) is 8.17. The van der Waals surface area contributed by atoms with Gasteiger partial charge in [-0.15, -0.1) is 10.2 Å². The zero-order chi connectivity index (χ0) is 17.6. The van der Waals surface area contributed by atoms with Crippen molar-refractivity contribution in [2.24, 2.45) is 17.3 Å². The van der Waals surface area contributed by atoms with E-state index in [1.165, 1.54) is 0 Å². The normalized spacial score (nSPS) is 11.3. The van der Waals surface area contributed by atoms with Gasteiger partial charge in [0.15, 0.2) is 0 Å². The van der Waals surface area contributed by atoms with Gasteiger partial charge in [-0.3, -0.25) is 0 Å². The smallest absolute Gasteiger partial charge is 0.250 e. The fourth-order valence-corrected chi connectivity index (χ4v) is 3.05. The summed E-state index contributed by atoms with van der Waals surface area (Å²) in [7, 11) is 2.02. The van der Waals surface area contributed by atoms with E-state index in [0.29, 0.717) is 5.13 Å². The molecule has 0 atom stereocenters. The number of azo groups is 1. The van der Waals surface area contributed by atoms with Gasteiger partial charge in [-0.2, -0.15) is 9.36 Å². The molecule has 0 N–H and O–H groups in total. The number of hydrogen-bond donors (Lipinski definition) is 0. The highest BCUT2D eigenvalue weighted by atomic mass is 35.5. The van der Waals surface area contributed by atoms with Crippen LogP contribution in [0.5, 0.6) is 0 Å². The summed E-state index contributed by atoms with van der Waals surface area (Å²) in [5.41, 5.74) is 1.93. The van der Waals surface area contributed by atoms with Gasteiger partial charge in [0.05, 0.1) is 19.3 Å². The molecular formula is C16H19ClN7S+. The summed E-state index contributed by atoms with van der Waals surface area (Å²) in [5.74, 6) is 0. The lowest BCUT2D eigenvalue weighted by molar-refractivity contribution is -0.671. The van der Waals surface area contributed by atoms with E-state index in [9.17, 15) is 0 Å². The summed E-state index contributed by atoms with van der Waals surface area (Å²) in [6.45, 7) is 4.98. The molecule has 2 heterocycles. The second-order valence-corrected chi connectivity index (χ2v) is 6.53. The van der Waals surface area contributed by atoms with Crippen LogP contribution in [0.2, 0.25) is 5.28 Å². The van der Waals surface area contributed by atoms with Crippen LogP contribution < -0.4 is 9.47 Å². The number of aryl methyl sites for hydroxylation is 1. The van der Waals surface area contributed by atoms with E-state index in [4.69, 9.17) is 11.6 Å².